The Labute approximate surface area is 147 Å². The number of ether oxygens (including phenoxy) is 1. The van der Waals surface area contributed by atoms with E-state index in [0.29, 0.717) is 0 Å². The Morgan fingerprint density at radius 3 is 1.28 bits per heavy atom. The van der Waals surface area contributed by atoms with Crippen molar-refractivity contribution in [3.8, 4) is 0 Å². The Kier molecular flexibility index (Phi) is 5.18. The molecule has 0 amide bonds. The fourth-order valence-corrected chi connectivity index (χ4v) is 7.14. The lowest BCUT2D eigenvalue weighted by atomic mass is 10.4. The summed E-state index contributed by atoms with van der Waals surface area (Å²) in [6, 6.07) is 29.3. The van der Waals surface area contributed by atoms with Gasteiger partial charge in [-0.15, -0.1) is 0 Å². The third-order valence-corrected chi connectivity index (χ3v) is 8.31. The molecule has 3 nitrogen and oxygen atoms in total. The molecule has 0 aliphatic heterocycles. The van der Waals surface area contributed by atoms with Crippen LogP contribution in [0.5, 0.6) is 0 Å². The molecular formula is C21H19O3P. The van der Waals surface area contributed by atoms with E-state index < -0.39 is 12.9 Å². The van der Waals surface area contributed by atoms with E-state index in [1.165, 1.54) is 7.11 Å². The van der Waals surface area contributed by atoms with Crippen LogP contribution in [0.2, 0.25) is 0 Å². The van der Waals surface area contributed by atoms with Gasteiger partial charge >= 0.3 is 5.97 Å². The van der Waals surface area contributed by atoms with Crippen molar-refractivity contribution in [3.05, 3.63) is 91.0 Å². The zero-order valence-corrected chi connectivity index (χ0v) is 14.8. The summed E-state index contributed by atoms with van der Waals surface area (Å²) in [5.74, 6) is -1.03. The van der Waals surface area contributed by atoms with E-state index >= 15 is 0 Å². The van der Waals surface area contributed by atoms with Crippen molar-refractivity contribution < 1.29 is 14.6 Å². The summed E-state index contributed by atoms with van der Waals surface area (Å²) in [7, 11) is 1.44. The predicted octanol–water partition coefficient (Wildman–Crippen LogP) is 2.84. The normalized spacial score (nSPS) is 11.1. The predicted molar refractivity (Wildman–Crippen MR) is 105 cm³/mol. The summed E-state index contributed by atoms with van der Waals surface area (Å²) in [5.41, 5.74) is 0.0797. The van der Waals surface area contributed by atoms with Gasteiger partial charge in [0.1, 0.15) is 0 Å². The van der Waals surface area contributed by atoms with Crippen LogP contribution in [0.3, 0.4) is 0 Å². The maximum atomic E-state index is 12.2. The second-order valence-corrected chi connectivity index (χ2v) is 8.79. The van der Waals surface area contributed by atoms with Gasteiger partial charge in [0.15, 0.2) is 5.48 Å². The molecule has 0 atom stereocenters. The quantitative estimate of drug-likeness (QED) is 0.720. The first-order valence-corrected chi connectivity index (χ1v) is 9.71. The first-order chi connectivity index (χ1) is 12.2. The molecule has 0 fully saturated rings. The van der Waals surface area contributed by atoms with Gasteiger partial charge in [-0.1, -0.05) is 91.0 Å². The minimum Gasteiger partial charge on any atom is -0.476 e. The molecule has 1 N–H and O–H groups in total. The highest BCUT2D eigenvalue weighted by atomic mass is 31.2. The highest BCUT2D eigenvalue weighted by Gasteiger charge is 2.33. The van der Waals surface area contributed by atoms with Crippen molar-refractivity contribution in [1.29, 1.82) is 0 Å². The third-order valence-electron chi connectivity index (χ3n) is 4.11. The van der Waals surface area contributed by atoms with Gasteiger partial charge in [-0.25, -0.2) is 4.79 Å². The van der Waals surface area contributed by atoms with Crippen molar-refractivity contribution in [2.24, 2.45) is 0 Å². The zero-order valence-electron chi connectivity index (χ0n) is 13.9. The third kappa shape index (κ3) is 3.05. The van der Waals surface area contributed by atoms with E-state index in [-0.39, 0.29) is 5.48 Å². The van der Waals surface area contributed by atoms with E-state index in [0.717, 1.165) is 15.9 Å². The second-order valence-electron chi connectivity index (χ2n) is 5.49. The van der Waals surface area contributed by atoms with Crippen molar-refractivity contribution in [3.63, 3.8) is 0 Å². The number of rotatable bonds is 5. The Morgan fingerprint density at radius 1 is 0.720 bits per heavy atom. The molecule has 0 spiro atoms. The molecule has 126 valence electrons. The average Bonchev–Trinajstić information content (AvgIpc) is 2.68. The van der Waals surface area contributed by atoms with E-state index in [1.54, 1.807) is 0 Å². The lowest BCUT2D eigenvalue weighted by molar-refractivity contribution is -0.130. The maximum Gasteiger partial charge on any atom is 0.360 e. The molecule has 0 saturated heterocycles. The van der Waals surface area contributed by atoms with Gasteiger partial charge in [0.25, 0.3) is 0 Å². The molecule has 0 heterocycles. The molecule has 3 aromatic carbocycles. The van der Waals surface area contributed by atoms with Gasteiger partial charge in [0, 0.05) is 14.0 Å². The molecule has 0 saturated carbocycles. The van der Waals surface area contributed by atoms with Crippen LogP contribution in [0.15, 0.2) is 91.0 Å². The van der Waals surface area contributed by atoms with E-state index in [1.807, 2.05) is 91.0 Å². The van der Waals surface area contributed by atoms with Crippen molar-refractivity contribution in [2.45, 2.75) is 0 Å². The zero-order chi connectivity index (χ0) is 17.7. The Bertz CT molecular complexity index is 800. The Hall–Kier alpha value is -2.61. The lowest BCUT2D eigenvalue weighted by Crippen LogP contribution is -2.34. The monoisotopic (exact) mass is 350 g/mol. The highest BCUT2D eigenvalue weighted by molar-refractivity contribution is 7.96. The number of benzene rings is 3. The lowest BCUT2D eigenvalue weighted by Gasteiger charge is -2.30. The van der Waals surface area contributed by atoms with Gasteiger partial charge in [-0.2, -0.15) is 0 Å². The topological polar surface area (TPSA) is 46.5 Å². The Balaban J connectivity index is 2.57. The first kappa shape index (κ1) is 17.2. The first-order valence-electron chi connectivity index (χ1n) is 7.92. The minimum absolute atomic E-state index is 0.0797. The van der Waals surface area contributed by atoms with Crippen LogP contribution < -0.4 is 15.9 Å². The smallest absolute Gasteiger partial charge is 0.360 e. The fourth-order valence-electron chi connectivity index (χ4n) is 3.12. The number of methoxy groups -OCH3 is 1. The van der Waals surface area contributed by atoms with Crippen LogP contribution in [0.25, 0.3) is 0 Å². The van der Waals surface area contributed by atoms with Crippen LogP contribution in [-0.4, -0.2) is 23.7 Å². The molecule has 0 aliphatic rings. The SMILES string of the molecule is COC(C(=O)O)=P(c1ccccc1)(c1ccccc1)c1ccccc1. The number of carboxylic acids is 1. The van der Waals surface area contributed by atoms with Gasteiger partial charge in [-0.3, -0.25) is 0 Å². The molecule has 25 heavy (non-hydrogen) atoms. The molecule has 0 aliphatic carbocycles. The van der Waals surface area contributed by atoms with E-state index in [4.69, 9.17) is 4.74 Å². The van der Waals surface area contributed by atoms with E-state index in [2.05, 4.69) is 0 Å². The number of carbonyl (C=O) groups is 1. The van der Waals surface area contributed by atoms with Crippen molar-refractivity contribution >= 4 is 34.2 Å². The average molecular weight is 350 g/mol. The molecular weight excluding hydrogens is 331 g/mol. The second kappa shape index (κ2) is 7.52. The van der Waals surface area contributed by atoms with Gasteiger partial charge in [-0.05, 0) is 15.9 Å². The number of carboxylic acid groups (broad SMARTS) is 1. The number of hydrogen-bond acceptors (Lipinski definition) is 2. The van der Waals surface area contributed by atoms with Crippen molar-refractivity contribution in [2.75, 3.05) is 7.11 Å². The molecule has 0 radical (unpaired) electrons. The largest absolute Gasteiger partial charge is 0.476 e. The number of aliphatic carboxylic acids is 1. The van der Waals surface area contributed by atoms with Crippen molar-refractivity contribution in [1.82, 2.24) is 0 Å². The summed E-state index contributed by atoms with van der Waals surface area (Å²) in [6.45, 7) is -2.62. The van der Waals surface area contributed by atoms with Gasteiger partial charge < -0.3 is 9.84 Å². The molecule has 0 bridgehead atoms. The fraction of sp³-hybridized carbons (Fsp3) is 0.0476. The molecule has 4 heteroatoms. The van der Waals surface area contributed by atoms with Crippen LogP contribution in [-0.2, 0) is 9.53 Å². The standard InChI is InChI=1S/C21H19O3P/c1-24-21(20(22)23)25(17-11-5-2-6-12-17,18-13-7-3-8-14-18)19-15-9-4-10-16-19/h2-16H,1H3,(H,22,23). The summed E-state index contributed by atoms with van der Waals surface area (Å²) >= 11 is 0. The maximum absolute atomic E-state index is 12.2. The van der Waals surface area contributed by atoms with Gasteiger partial charge in [0.2, 0.25) is 0 Å². The summed E-state index contributed by atoms with van der Waals surface area (Å²) < 4.78 is 5.51. The van der Waals surface area contributed by atoms with Crippen LogP contribution in [0.1, 0.15) is 0 Å². The van der Waals surface area contributed by atoms with Gasteiger partial charge in [0.05, 0.1) is 0 Å². The van der Waals surface area contributed by atoms with Crippen LogP contribution in [0.4, 0.5) is 0 Å². The van der Waals surface area contributed by atoms with Crippen LogP contribution >= 0.6 is 6.89 Å². The van der Waals surface area contributed by atoms with Crippen LogP contribution in [0, 0.1) is 0 Å². The van der Waals surface area contributed by atoms with E-state index in [9.17, 15) is 9.90 Å². The summed E-state index contributed by atoms with van der Waals surface area (Å²) in [5, 5.41) is 12.8. The Morgan fingerprint density at radius 2 is 1.04 bits per heavy atom. The molecule has 0 unspecified atom stereocenters. The molecule has 3 rings (SSSR count). The highest BCUT2D eigenvalue weighted by Crippen LogP contribution is 2.46. The molecule has 3 aromatic rings. The summed E-state index contributed by atoms with van der Waals surface area (Å²) in [6.07, 6.45) is 0. The number of hydrogen-bond donors (Lipinski definition) is 1. The summed E-state index contributed by atoms with van der Waals surface area (Å²) in [4.78, 5) is 12.2. The minimum atomic E-state index is -2.62. The molecule has 0 aromatic heterocycles.